The van der Waals surface area contributed by atoms with Gasteiger partial charge < -0.3 is 14.8 Å². The third-order valence-electron chi connectivity index (χ3n) is 1.99. The highest BCUT2D eigenvalue weighted by atomic mass is 127. The van der Waals surface area contributed by atoms with Crippen molar-refractivity contribution in [2.75, 3.05) is 19.5 Å². The van der Waals surface area contributed by atoms with Crippen LogP contribution in [-0.4, -0.2) is 26.2 Å². The first-order chi connectivity index (χ1) is 8.56. The molecule has 96 valence electrons. The Hall–Kier alpha value is -1.57. The Morgan fingerprint density at radius 3 is 2.28 bits per heavy atom. The Morgan fingerprint density at radius 1 is 1.17 bits per heavy atom. The number of ether oxygens (including phenoxy) is 2. The Balaban J connectivity index is 2.91. The fourth-order valence-electron chi connectivity index (χ4n) is 1.12. The van der Waals surface area contributed by atoms with Crippen LogP contribution in [0.2, 0.25) is 0 Å². The normalized spacial score (nSPS) is 10.7. The number of benzene rings is 1. The number of esters is 2. The van der Waals surface area contributed by atoms with Gasteiger partial charge in [-0.15, -0.1) is 0 Å². The molecule has 0 aliphatic rings. The van der Waals surface area contributed by atoms with Gasteiger partial charge in [0, 0.05) is 9.26 Å². The van der Waals surface area contributed by atoms with Crippen LogP contribution in [0.15, 0.2) is 36.0 Å². The molecule has 0 spiro atoms. The summed E-state index contributed by atoms with van der Waals surface area (Å²) in [6.45, 7) is 0. The van der Waals surface area contributed by atoms with Gasteiger partial charge in [0.2, 0.25) is 0 Å². The van der Waals surface area contributed by atoms with Crippen molar-refractivity contribution in [2.45, 2.75) is 0 Å². The summed E-state index contributed by atoms with van der Waals surface area (Å²) in [4.78, 5) is 22.6. The minimum atomic E-state index is -0.640. The first-order valence-corrected chi connectivity index (χ1v) is 6.05. The highest BCUT2D eigenvalue weighted by Crippen LogP contribution is 2.14. The van der Waals surface area contributed by atoms with Gasteiger partial charge in [0.05, 0.1) is 20.3 Å². The predicted octanol–water partition coefficient (Wildman–Crippen LogP) is 1.93. The molecule has 0 heterocycles. The number of hydrogen-bond donors (Lipinski definition) is 1. The molecule has 0 fully saturated rings. The van der Waals surface area contributed by atoms with Crippen molar-refractivity contribution in [3.63, 3.8) is 0 Å². The van der Waals surface area contributed by atoms with Gasteiger partial charge in [-0.1, -0.05) is 0 Å². The molecule has 5 nitrogen and oxygen atoms in total. The van der Waals surface area contributed by atoms with Gasteiger partial charge in [0.25, 0.3) is 0 Å². The molecule has 6 heteroatoms. The summed E-state index contributed by atoms with van der Waals surface area (Å²) in [6.07, 6.45) is 1.05. The lowest BCUT2D eigenvalue weighted by molar-refractivity contribution is -0.138. The number of rotatable bonds is 4. The van der Waals surface area contributed by atoms with Crippen molar-refractivity contribution >= 4 is 40.2 Å². The largest absolute Gasteiger partial charge is 0.466 e. The smallest absolute Gasteiger partial charge is 0.354 e. The first kappa shape index (κ1) is 14.5. The van der Waals surface area contributed by atoms with E-state index in [-0.39, 0.29) is 5.70 Å². The molecule has 1 rings (SSSR count). The van der Waals surface area contributed by atoms with E-state index in [1.807, 2.05) is 12.1 Å². The number of halogens is 1. The monoisotopic (exact) mass is 361 g/mol. The van der Waals surface area contributed by atoms with Gasteiger partial charge in [-0.3, -0.25) is 0 Å². The number of nitrogens with one attached hydrogen (secondary N) is 1. The van der Waals surface area contributed by atoms with E-state index in [0.29, 0.717) is 5.69 Å². The average molecular weight is 361 g/mol. The quantitative estimate of drug-likeness (QED) is 0.505. The fourth-order valence-corrected chi connectivity index (χ4v) is 1.48. The van der Waals surface area contributed by atoms with Crippen molar-refractivity contribution in [3.8, 4) is 0 Å². The molecule has 1 aromatic rings. The molecule has 0 aliphatic carbocycles. The second-order valence-electron chi connectivity index (χ2n) is 3.20. The maximum atomic E-state index is 11.5. The number of anilines is 1. The van der Waals surface area contributed by atoms with E-state index in [0.717, 1.165) is 9.65 Å². The van der Waals surface area contributed by atoms with Crippen molar-refractivity contribution in [1.82, 2.24) is 0 Å². The van der Waals surface area contributed by atoms with Crippen molar-refractivity contribution in [3.05, 3.63) is 39.6 Å². The molecule has 0 aromatic heterocycles. The summed E-state index contributed by atoms with van der Waals surface area (Å²) in [5.74, 6) is -1.27. The van der Waals surface area contributed by atoms with E-state index in [9.17, 15) is 9.59 Å². The SMILES string of the molecule is COC(=O)C=C(Nc1ccc(I)cc1)C(=O)OC. The van der Waals surface area contributed by atoms with Gasteiger partial charge in [0.15, 0.2) is 0 Å². The lowest BCUT2D eigenvalue weighted by atomic mass is 10.3. The Bertz CT molecular complexity index is 467. The van der Waals surface area contributed by atoms with E-state index in [1.54, 1.807) is 12.1 Å². The van der Waals surface area contributed by atoms with Crippen LogP contribution in [-0.2, 0) is 19.1 Å². The number of hydrogen-bond acceptors (Lipinski definition) is 5. The summed E-state index contributed by atoms with van der Waals surface area (Å²) in [6, 6.07) is 7.32. The molecule has 0 unspecified atom stereocenters. The third kappa shape index (κ3) is 4.36. The minimum absolute atomic E-state index is 0.0190. The molecule has 0 saturated carbocycles. The van der Waals surface area contributed by atoms with Gasteiger partial charge in [-0.2, -0.15) is 0 Å². The second-order valence-corrected chi connectivity index (χ2v) is 4.45. The molecule has 0 amide bonds. The van der Waals surface area contributed by atoms with Crippen LogP contribution < -0.4 is 5.32 Å². The molecule has 0 atom stereocenters. The topological polar surface area (TPSA) is 64.6 Å². The molecular weight excluding hydrogens is 349 g/mol. The zero-order valence-corrected chi connectivity index (χ0v) is 12.1. The van der Waals surface area contributed by atoms with Gasteiger partial charge in [-0.25, -0.2) is 9.59 Å². The lowest BCUT2D eigenvalue weighted by Crippen LogP contribution is -2.15. The number of carbonyl (C=O) groups excluding carboxylic acids is 2. The van der Waals surface area contributed by atoms with Crippen molar-refractivity contribution in [1.29, 1.82) is 0 Å². The van der Waals surface area contributed by atoms with E-state index in [2.05, 4.69) is 37.4 Å². The summed E-state index contributed by atoms with van der Waals surface area (Å²) >= 11 is 2.17. The average Bonchev–Trinajstić information content (AvgIpc) is 2.39. The van der Waals surface area contributed by atoms with Crippen LogP contribution in [0.4, 0.5) is 5.69 Å². The van der Waals surface area contributed by atoms with Crippen molar-refractivity contribution < 1.29 is 19.1 Å². The highest BCUT2D eigenvalue weighted by Gasteiger charge is 2.12. The maximum absolute atomic E-state index is 11.5. The number of carbonyl (C=O) groups is 2. The van der Waals surface area contributed by atoms with E-state index in [4.69, 9.17) is 0 Å². The molecule has 0 saturated heterocycles. The first-order valence-electron chi connectivity index (χ1n) is 4.97. The zero-order valence-electron chi connectivity index (χ0n) is 9.90. The van der Waals surface area contributed by atoms with Gasteiger partial charge in [-0.05, 0) is 46.9 Å². The highest BCUT2D eigenvalue weighted by molar-refractivity contribution is 14.1. The summed E-state index contributed by atoms with van der Waals surface area (Å²) < 4.78 is 10.1. The van der Waals surface area contributed by atoms with E-state index < -0.39 is 11.9 Å². The molecule has 18 heavy (non-hydrogen) atoms. The second kappa shape index (κ2) is 7.00. The predicted molar refractivity (Wildman–Crippen MR) is 74.9 cm³/mol. The minimum Gasteiger partial charge on any atom is -0.466 e. The molecule has 0 bridgehead atoms. The fraction of sp³-hybridized carbons (Fsp3) is 0.167. The van der Waals surface area contributed by atoms with E-state index >= 15 is 0 Å². The Labute approximate surface area is 118 Å². The van der Waals surface area contributed by atoms with Crippen LogP contribution in [0.5, 0.6) is 0 Å². The number of methoxy groups -OCH3 is 2. The summed E-state index contributed by atoms with van der Waals surface area (Å²) in [5.41, 5.74) is 0.696. The third-order valence-corrected chi connectivity index (χ3v) is 2.71. The molecule has 1 aromatic carbocycles. The summed E-state index contributed by atoms with van der Waals surface area (Å²) in [5, 5.41) is 2.80. The molecule has 1 N–H and O–H groups in total. The molecule has 0 aliphatic heterocycles. The Morgan fingerprint density at radius 2 is 1.78 bits per heavy atom. The summed E-state index contributed by atoms with van der Waals surface area (Å²) in [7, 11) is 2.47. The zero-order chi connectivity index (χ0) is 13.5. The maximum Gasteiger partial charge on any atom is 0.354 e. The van der Waals surface area contributed by atoms with E-state index in [1.165, 1.54) is 14.2 Å². The standard InChI is InChI=1S/C12H12INO4/c1-17-11(15)7-10(12(16)18-2)14-9-5-3-8(13)4-6-9/h3-7,14H,1-2H3. The van der Waals surface area contributed by atoms with Crippen LogP contribution in [0.3, 0.4) is 0 Å². The van der Waals surface area contributed by atoms with Crippen LogP contribution >= 0.6 is 22.6 Å². The van der Waals surface area contributed by atoms with Gasteiger partial charge in [0.1, 0.15) is 5.70 Å². The molecular formula is C12H12INO4. The van der Waals surface area contributed by atoms with Crippen molar-refractivity contribution in [2.24, 2.45) is 0 Å². The lowest BCUT2D eigenvalue weighted by Gasteiger charge is -2.08. The Kier molecular flexibility index (Phi) is 5.63. The molecule has 0 radical (unpaired) electrons. The van der Waals surface area contributed by atoms with Gasteiger partial charge >= 0.3 is 11.9 Å². The van der Waals surface area contributed by atoms with Crippen LogP contribution in [0.1, 0.15) is 0 Å². The van der Waals surface area contributed by atoms with Crippen LogP contribution in [0, 0.1) is 3.57 Å². The van der Waals surface area contributed by atoms with Crippen LogP contribution in [0.25, 0.3) is 0 Å².